The Labute approximate surface area is 151 Å². The zero-order valence-electron chi connectivity index (χ0n) is 15.6. The van der Waals surface area contributed by atoms with Crippen LogP contribution in [-0.4, -0.2) is 42.8 Å². The Bertz CT molecular complexity index is 540. The number of carbonyl (C=O) groups is 1. The van der Waals surface area contributed by atoms with E-state index in [0.717, 1.165) is 25.8 Å². The van der Waals surface area contributed by atoms with Crippen molar-refractivity contribution in [3.63, 3.8) is 0 Å². The predicted molar refractivity (Wildman–Crippen MR) is 101 cm³/mol. The molecular weight excluding hydrogens is 312 g/mol. The first-order valence-electron chi connectivity index (χ1n) is 9.90. The summed E-state index contributed by atoms with van der Waals surface area (Å²) in [5.74, 6) is 1.20. The molecule has 1 heterocycles. The Morgan fingerprint density at radius 1 is 1.16 bits per heavy atom. The van der Waals surface area contributed by atoms with Gasteiger partial charge in [0, 0.05) is 13.1 Å². The summed E-state index contributed by atoms with van der Waals surface area (Å²) in [5.41, 5.74) is 1.47. The van der Waals surface area contributed by atoms with Gasteiger partial charge in [0.05, 0.1) is 18.8 Å². The number of ether oxygens (including phenoxy) is 1. The van der Waals surface area contributed by atoms with Crippen molar-refractivity contribution < 1.29 is 9.53 Å². The van der Waals surface area contributed by atoms with Gasteiger partial charge in [-0.15, -0.1) is 0 Å². The van der Waals surface area contributed by atoms with E-state index in [0.29, 0.717) is 31.1 Å². The van der Waals surface area contributed by atoms with Gasteiger partial charge in [-0.1, -0.05) is 37.3 Å². The molecule has 1 aliphatic carbocycles. The number of nitrogens with one attached hydrogen (secondary N) is 1. The molecule has 1 unspecified atom stereocenters. The third-order valence-corrected chi connectivity index (χ3v) is 5.92. The molecule has 0 aromatic heterocycles. The van der Waals surface area contributed by atoms with Gasteiger partial charge < -0.3 is 15.0 Å². The van der Waals surface area contributed by atoms with Crippen molar-refractivity contribution in [1.82, 2.24) is 10.2 Å². The maximum Gasteiger partial charge on any atom is 0.317 e. The van der Waals surface area contributed by atoms with E-state index in [2.05, 4.69) is 42.6 Å². The van der Waals surface area contributed by atoms with Crippen LogP contribution in [-0.2, 0) is 4.74 Å². The van der Waals surface area contributed by atoms with E-state index in [1.165, 1.54) is 18.4 Å². The lowest BCUT2D eigenvalue weighted by molar-refractivity contribution is -0.00360. The van der Waals surface area contributed by atoms with Crippen molar-refractivity contribution in [3.05, 3.63) is 35.9 Å². The molecule has 138 valence electrons. The van der Waals surface area contributed by atoms with E-state index in [9.17, 15) is 4.79 Å². The number of nitrogens with zero attached hydrogens (tertiary/aromatic N) is 1. The van der Waals surface area contributed by atoms with Gasteiger partial charge in [0.2, 0.25) is 0 Å². The van der Waals surface area contributed by atoms with E-state index in [1.807, 2.05) is 11.8 Å². The second-order valence-electron chi connectivity index (χ2n) is 7.58. The quantitative estimate of drug-likeness (QED) is 0.871. The van der Waals surface area contributed by atoms with Gasteiger partial charge in [-0.25, -0.2) is 4.79 Å². The monoisotopic (exact) mass is 344 g/mol. The zero-order chi connectivity index (χ0) is 17.6. The number of amides is 2. The Balaban J connectivity index is 1.46. The molecule has 2 amide bonds. The van der Waals surface area contributed by atoms with Gasteiger partial charge in [0.25, 0.3) is 0 Å². The summed E-state index contributed by atoms with van der Waals surface area (Å²) in [7, 11) is 0. The van der Waals surface area contributed by atoms with Crippen molar-refractivity contribution in [2.24, 2.45) is 5.92 Å². The van der Waals surface area contributed by atoms with Crippen LogP contribution >= 0.6 is 0 Å². The van der Waals surface area contributed by atoms with Crippen molar-refractivity contribution in [2.45, 2.75) is 64.0 Å². The molecule has 25 heavy (non-hydrogen) atoms. The Morgan fingerprint density at radius 2 is 1.88 bits per heavy atom. The molecule has 0 spiro atoms. The largest absolute Gasteiger partial charge is 0.376 e. The molecule has 2 atom stereocenters. The lowest BCUT2D eigenvalue weighted by Crippen LogP contribution is -2.46. The van der Waals surface area contributed by atoms with Crippen molar-refractivity contribution in [3.8, 4) is 0 Å². The fourth-order valence-electron chi connectivity index (χ4n) is 4.29. The average molecular weight is 344 g/mol. The van der Waals surface area contributed by atoms with Crippen LogP contribution in [0.3, 0.4) is 0 Å². The van der Waals surface area contributed by atoms with E-state index in [-0.39, 0.29) is 12.1 Å². The van der Waals surface area contributed by atoms with Gasteiger partial charge in [-0.05, 0) is 56.4 Å². The van der Waals surface area contributed by atoms with Crippen LogP contribution in [0.15, 0.2) is 30.3 Å². The molecule has 0 radical (unpaired) electrons. The first-order chi connectivity index (χ1) is 12.2. The number of hydrogen-bond donors (Lipinski definition) is 1. The highest BCUT2D eigenvalue weighted by Gasteiger charge is 2.35. The van der Waals surface area contributed by atoms with Crippen LogP contribution in [0, 0.1) is 5.92 Å². The number of likely N-dealkylation sites (tertiary alicyclic amines) is 1. The number of hydrogen-bond acceptors (Lipinski definition) is 2. The maximum atomic E-state index is 12.2. The van der Waals surface area contributed by atoms with Crippen LogP contribution < -0.4 is 5.32 Å². The van der Waals surface area contributed by atoms with Crippen LogP contribution in [0.2, 0.25) is 0 Å². The summed E-state index contributed by atoms with van der Waals surface area (Å²) in [6, 6.07) is 11.1. The van der Waals surface area contributed by atoms with E-state index in [4.69, 9.17) is 4.74 Å². The van der Waals surface area contributed by atoms with Crippen LogP contribution in [0.4, 0.5) is 4.79 Å². The summed E-state index contributed by atoms with van der Waals surface area (Å²) in [5, 5.41) is 2.93. The summed E-state index contributed by atoms with van der Waals surface area (Å²) < 4.78 is 6.26. The lowest BCUT2D eigenvalue weighted by atomic mass is 9.83. The van der Waals surface area contributed by atoms with Crippen molar-refractivity contribution in [2.75, 3.05) is 19.7 Å². The van der Waals surface area contributed by atoms with Crippen LogP contribution in [0.25, 0.3) is 0 Å². The normalized spacial score (nSPS) is 29.6. The van der Waals surface area contributed by atoms with Gasteiger partial charge in [0.15, 0.2) is 0 Å². The second-order valence-corrected chi connectivity index (χ2v) is 7.58. The van der Waals surface area contributed by atoms with E-state index in [1.54, 1.807) is 0 Å². The predicted octanol–water partition coefficient (Wildman–Crippen LogP) is 4.17. The second kappa shape index (κ2) is 8.70. The number of carbonyl (C=O) groups excluding carboxylic acids is 1. The molecule has 1 N–H and O–H groups in total. The topological polar surface area (TPSA) is 41.6 Å². The average Bonchev–Trinajstić information content (AvgIpc) is 3.02. The molecule has 4 nitrogen and oxygen atoms in total. The summed E-state index contributed by atoms with van der Waals surface area (Å²) >= 11 is 0. The molecule has 1 aliphatic heterocycles. The zero-order valence-corrected chi connectivity index (χ0v) is 15.6. The molecule has 4 heteroatoms. The third kappa shape index (κ3) is 4.55. The van der Waals surface area contributed by atoms with Gasteiger partial charge in [0.1, 0.15) is 0 Å². The third-order valence-electron chi connectivity index (χ3n) is 5.92. The van der Waals surface area contributed by atoms with Crippen LogP contribution in [0.1, 0.15) is 57.4 Å². The minimum atomic E-state index is 0.0632. The Morgan fingerprint density at radius 3 is 2.56 bits per heavy atom. The van der Waals surface area contributed by atoms with Crippen LogP contribution in [0.5, 0.6) is 0 Å². The number of urea groups is 1. The van der Waals surface area contributed by atoms with Crippen molar-refractivity contribution >= 4 is 6.03 Å². The number of rotatable bonds is 5. The highest BCUT2D eigenvalue weighted by molar-refractivity contribution is 5.74. The molecule has 1 saturated heterocycles. The Kier molecular flexibility index (Phi) is 6.35. The molecule has 1 saturated carbocycles. The van der Waals surface area contributed by atoms with Crippen molar-refractivity contribution in [1.29, 1.82) is 0 Å². The van der Waals surface area contributed by atoms with Gasteiger partial charge in [-0.2, -0.15) is 0 Å². The fourth-order valence-corrected chi connectivity index (χ4v) is 4.29. The maximum absolute atomic E-state index is 12.2. The first-order valence-corrected chi connectivity index (χ1v) is 9.90. The highest BCUT2D eigenvalue weighted by atomic mass is 16.5. The SMILES string of the molecule is CCNC(=O)N1CC[C@H](C)C1CO[C@H]1CC[C@@H](c2ccccc2)CC1. The van der Waals surface area contributed by atoms with E-state index < -0.39 is 0 Å². The smallest absolute Gasteiger partial charge is 0.317 e. The summed E-state index contributed by atoms with van der Waals surface area (Å²) in [4.78, 5) is 14.2. The molecular formula is C21H32N2O2. The molecule has 1 aromatic carbocycles. The molecule has 2 fully saturated rings. The summed E-state index contributed by atoms with van der Waals surface area (Å²) in [6.07, 6.45) is 6.09. The minimum Gasteiger partial charge on any atom is -0.376 e. The molecule has 2 aliphatic rings. The molecule has 3 rings (SSSR count). The number of benzene rings is 1. The van der Waals surface area contributed by atoms with Gasteiger partial charge >= 0.3 is 6.03 Å². The first kappa shape index (κ1) is 18.2. The minimum absolute atomic E-state index is 0.0632. The molecule has 0 bridgehead atoms. The highest BCUT2D eigenvalue weighted by Crippen LogP contribution is 2.34. The molecule has 1 aromatic rings. The summed E-state index contributed by atoms with van der Waals surface area (Å²) in [6.45, 7) is 6.41. The van der Waals surface area contributed by atoms with E-state index >= 15 is 0 Å². The lowest BCUT2D eigenvalue weighted by Gasteiger charge is -2.32. The fraction of sp³-hybridized carbons (Fsp3) is 0.667. The standard InChI is InChI=1S/C21H32N2O2/c1-3-22-21(24)23-14-13-16(2)20(23)15-25-19-11-9-18(10-12-19)17-7-5-4-6-8-17/h4-8,16,18-20H,3,9-15H2,1-2H3,(H,22,24)/t16-,18-,19+,20?/m0/s1. The van der Waals surface area contributed by atoms with Gasteiger partial charge in [-0.3, -0.25) is 0 Å². The Hall–Kier alpha value is -1.55.